The molecule has 7 nitrogen and oxygen atoms in total. The first kappa shape index (κ1) is 17.6. The van der Waals surface area contributed by atoms with Gasteiger partial charge in [-0.1, -0.05) is 0 Å². The van der Waals surface area contributed by atoms with Crippen LogP contribution < -0.4 is 15.4 Å². The summed E-state index contributed by atoms with van der Waals surface area (Å²) in [5, 5.41) is 19.6. The molecule has 1 saturated carbocycles. The maximum absolute atomic E-state index is 11.8. The Labute approximate surface area is 161 Å². The number of nitriles is 1. The number of pyridine rings is 1. The fourth-order valence-electron chi connectivity index (χ4n) is 3.25. The van der Waals surface area contributed by atoms with Crippen LogP contribution in [0, 0.1) is 18.3 Å². The second kappa shape index (κ2) is 6.74. The number of rotatable bonds is 4. The van der Waals surface area contributed by atoms with Crippen molar-refractivity contribution >= 4 is 22.6 Å². The van der Waals surface area contributed by atoms with Gasteiger partial charge in [-0.3, -0.25) is 9.88 Å². The Kier molecular flexibility index (Phi) is 4.24. The van der Waals surface area contributed by atoms with Crippen molar-refractivity contribution in [2.45, 2.75) is 25.8 Å². The third kappa shape index (κ3) is 3.16. The van der Waals surface area contributed by atoms with E-state index in [0.717, 1.165) is 24.1 Å². The number of phenolic OH excluding ortho intramolecular Hbond substituents is 1. The van der Waals surface area contributed by atoms with E-state index in [1.165, 1.54) is 6.07 Å². The number of benzene rings is 2. The van der Waals surface area contributed by atoms with Gasteiger partial charge in [0.1, 0.15) is 23.3 Å². The SMILES string of the molecule is Cc1cc(Oc2ccnc3cc(O)c(C#N)cc23)ccc1N(C(N)=O)C1CC1. The molecule has 3 N–H and O–H groups in total. The standard InChI is InChI=1S/C21H18N4O3/c1-12-8-15(4-5-18(12)25(21(23)27)14-2-3-14)28-20-6-7-24-17-10-19(26)13(11-22)9-16(17)20/h4-10,14,26H,2-3H2,1H3,(H2,23,27). The summed E-state index contributed by atoms with van der Waals surface area (Å²) in [5.74, 6) is 0.981. The molecule has 1 heterocycles. The van der Waals surface area contributed by atoms with Gasteiger partial charge >= 0.3 is 6.03 Å². The molecule has 1 aliphatic carbocycles. The van der Waals surface area contributed by atoms with Gasteiger partial charge in [-0.2, -0.15) is 5.26 Å². The van der Waals surface area contributed by atoms with Crippen molar-refractivity contribution in [3.05, 3.63) is 53.7 Å². The Balaban J connectivity index is 1.69. The number of hydrogen-bond acceptors (Lipinski definition) is 5. The molecule has 28 heavy (non-hydrogen) atoms. The van der Waals surface area contributed by atoms with Crippen LogP contribution in [0.4, 0.5) is 10.5 Å². The summed E-state index contributed by atoms with van der Waals surface area (Å²) in [6, 6.07) is 11.8. The number of ether oxygens (including phenoxy) is 1. The topological polar surface area (TPSA) is 112 Å². The molecule has 1 fully saturated rings. The molecular weight excluding hydrogens is 356 g/mol. The quantitative estimate of drug-likeness (QED) is 0.718. The molecule has 7 heteroatoms. The van der Waals surface area contributed by atoms with Crippen LogP contribution in [-0.2, 0) is 0 Å². The molecule has 0 unspecified atom stereocenters. The summed E-state index contributed by atoms with van der Waals surface area (Å²) in [6.45, 7) is 1.90. The van der Waals surface area contributed by atoms with Gasteiger partial charge < -0.3 is 15.6 Å². The highest BCUT2D eigenvalue weighted by molar-refractivity contribution is 5.93. The van der Waals surface area contributed by atoms with Crippen LogP contribution in [-0.4, -0.2) is 22.2 Å². The van der Waals surface area contributed by atoms with Crippen molar-refractivity contribution in [3.8, 4) is 23.3 Å². The molecule has 0 aliphatic heterocycles. The Morgan fingerprint density at radius 3 is 2.75 bits per heavy atom. The van der Waals surface area contributed by atoms with E-state index in [2.05, 4.69) is 4.98 Å². The van der Waals surface area contributed by atoms with Crippen molar-refractivity contribution in [1.82, 2.24) is 4.98 Å². The van der Waals surface area contributed by atoms with E-state index >= 15 is 0 Å². The number of carbonyl (C=O) groups excluding carboxylic acids is 1. The van der Waals surface area contributed by atoms with Crippen LogP contribution in [0.1, 0.15) is 24.0 Å². The number of phenols is 1. The van der Waals surface area contributed by atoms with Gasteiger partial charge in [0, 0.05) is 29.4 Å². The van der Waals surface area contributed by atoms with Gasteiger partial charge in [0.15, 0.2) is 0 Å². The molecule has 2 amide bonds. The Hall–Kier alpha value is -3.79. The molecule has 0 radical (unpaired) electrons. The molecule has 0 bridgehead atoms. The predicted molar refractivity (Wildman–Crippen MR) is 104 cm³/mol. The molecule has 0 saturated heterocycles. The lowest BCUT2D eigenvalue weighted by atomic mass is 10.1. The van der Waals surface area contributed by atoms with Crippen LogP contribution in [0.5, 0.6) is 17.2 Å². The summed E-state index contributed by atoms with van der Waals surface area (Å²) in [7, 11) is 0. The summed E-state index contributed by atoms with van der Waals surface area (Å²) in [4.78, 5) is 17.6. The lowest BCUT2D eigenvalue weighted by Crippen LogP contribution is -2.38. The van der Waals surface area contributed by atoms with Crippen molar-refractivity contribution in [1.29, 1.82) is 5.26 Å². The minimum atomic E-state index is -0.455. The van der Waals surface area contributed by atoms with Crippen LogP contribution in [0.2, 0.25) is 0 Å². The molecule has 3 aromatic rings. The van der Waals surface area contributed by atoms with Crippen molar-refractivity contribution in [3.63, 3.8) is 0 Å². The summed E-state index contributed by atoms with van der Waals surface area (Å²) in [5.41, 5.74) is 7.87. The van der Waals surface area contributed by atoms with Gasteiger partial charge in [0.05, 0.1) is 11.1 Å². The monoisotopic (exact) mass is 374 g/mol. The minimum Gasteiger partial charge on any atom is -0.506 e. The zero-order chi connectivity index (χ0) is 19.8. The summed E-state index contributed by atoms with van der Waals surface area (Å²) < 4.78 is 6.02. The highest BCUT2D eigenvalue weighted by Gasteiger charge is 2.33. The van der Waals surface area contributed by atoms with E-state index in [4.69, 9.17) is 15.7 Å². The lowest BCUT2D eigenvalue weighted by Gasteiger charge is -2.22. The van der Waals surface area contributed by atoms with Gasteiger partial charge in [-0.15, -0.1) is 0 Å². The van der Waals surface area contributed by atoms with Crippen LogP contribution in [0.3, 0.4) is 0 Å². The Morgan fingerprint density at radius 1 is 1.32 bits per heavy atom. The molecule has 0 atom stereocenters. The number of aromatic hydroxyl groups is 1. The number of primary amides is 1. The second-order valence-corrected chi connectivity index (χ2v) is 6.80. The number of urea groups is 1. The number of aryl methyl sites for hydroxylation is 1. The van der Waals surface area contributed by atoms with Crippen molar-refractivity contribution in [2.24, 2.45) is 5.73 Å². The maximum atomic E-state index is 11.8. The zero-order valence-electron chi connectivity index (χ0n) is 15.2. The zero-order valence-corrected chi connectivity index (χ0v) is 15.2. The van der Waals surface area contributed by atoms with E-state index in [0.29, 0.717) is 22.4 Å². The molecule has 1 aromatic heterocycles. The van der Waals surface area contributed by atoms with E-state index < -0.39 is 6.03 Å². The van der Waals surface area contributed by atoms with E-state index in [1.807, 2.05) is 25.1 Å². The van der Waals surface area contributed by atoms with Gasteiger partial charge in [0.2, 0.25) is 0 Å². The van der Waals surface area contributed by atoms with Crippen molar-refractivity contribution in [2.75, 3.05) is 4.90 Å². The number of fused-ring (bicyclic) bond motifs is 1. The fourth-order valence-corrected chi connectivity index (χ4v) is 3.25. The maximum Gasteiger partial charge on any atom is 0.319 e. The van der Waals surface area contributed by atoms with Gasteiger partial charge in [-0.25, -0.2) is 4.79 Å². The average Bonchev–Trinajstić information content (AvgIpc) is 3.48. The number of hydrogen-bond donors (Lipinski definition) is 2. The van der Waals surface area contributed by atoms with E-state index in [9.17, 15) is 9.90 Å². The Morgan fingerprint density at radius 2 is 2.11 bits per heavy atom. The number of carbonyl (C=O) groups is 1. The smallest absolute Gasteiger partial charge is 0.319 e. The fraction of sp³-hybridized carbons (Fsp3) is 0.190. The summed E-state index contributed by atoms with van der Waals surface area (Å²) >= 11 is 0. The van der Waals surface area contributed by atoms with Crippen LogP contribution in [0.25, 0.3) is 10.9 Å². The second-order valence-electron chi connectivity index (χ2n) is 6.80. The van der Waals surface area contributed by atoms with Crippen molar-refractivity contribution < 1.29 is 14.6 Å². The number of nitrogens with two attached hydrogens (primary N) is 1. The molecule has 2 aromatic carbocycles. The number of nitrogens with zero attached hydrogens (tertiary/aromatic N) is 3. The number of anilines is 1. The van der Waals surface area contributed by atoms with E-state index in [-0.39, 0.29) is 17.4 Å². The highest BCUT2D eigenvalue weighted by atomic mass is 16.5. The van der Waals surface area contributed by atoms with Gasteiger partial charge in [-0.05, 0) is 55.7 Å². The molecule has 1 aliphatic rings. The molecule has 0 spiro atoms. The molecule has 140 valence electrons. The average molecular weight is 374 g/mol. The van der Waals surface area contributed by atoms with Crippen LogP contribution in [0.15, 0.2) is 42.6 Å². The highest BCUT2D eigenvalue weighted by Crippen LogP contribution is 2.37. The number of aromatic nitrogens is 1. The first-order valence-corrected chi connectivity index (χ1v) is 8.87. The first-order chi connectivity index (χ1) is 13.5. The first-order valence-electron chi connectivity index (χ1n) is 8.87. The third-order valence-corrected chi connectivity index (χ3v) is 4.74. The largest absolute Gasteiger partial charge is 0.506 e. The normalized spacial score (nSPS) is 13.1. The Bertz CT molecular complexity index is 1130. The predicted octanol–water partition coefficient (Wildman–Crippen LogP) is 3.96. The lowest BCUT2D eigenvalue weighted by molar-refractivity contribution is 0.253. The van der Waals surface area contributed by atoms with E-state index in [1.54, 1.807) is 29.3 Å². The minimum absolute atomic E-state index is 0.119. The molecular formula is C21H18N4O3. The number of amides is 2. The van der Waals surface area contributed by atoms with Gasteiger partial charge in [0.25, 0.3) is 0 Å². The molecule has 4 rings (SSSR count). The summed E-state index contributed by atoms with van der Waals surface area (Å²) in [6.07, 6.45) is 3.49. The third-order valence-electron chi connectivity index (χ3n) is 4.74. The van der Waals surface area contributed by atoms with Crippen LogP contribution >= 0.6 is 0 Å².